The summed E-state index contributed by atoms with van der Waals surface area (Å²) >= 11 is 39.6. The predicted molar refractivity (Wildman–Crippen MR) is 230 cm³/mol. The molecule has 0 nitrogen and oxygen atoms in total. The van der Waals surface area contributed by atoms with Crippen LogP contribution in [-0.4, -0.2) is 2.59 Å². The maximum atomic E-state index is 2.72. The molecule has 0 bridgehead atoms. The summed E-state index contributed by atoms with van der Waals surface area (Å²) in [6.07, 6.45) is 0. The van der Waals surface area contributed by atoms with Gasteiger partial charge in [0.15, 0.2) is 0 Å². The molecule has 0 aliphatic rings. The van der Waals surface area contributed by atoms with Crippen LogP contribution in [-0.2, 0) is 0 Å². The standard InChI is InChI=1S/C7HI15/c8-2(9,1(3(10,11)12)4(13,14)15)5(16,17)6(18,19)7(20,21)22/h1H. The van der Waals surface area contributed by atoms with Crippen LogP contribution in [0.2, 0.25) is 0 Å². The lowest BCUT2D eigenvalue weighted by atomic mass is 10.1. The molecule has 0 atom stereocenters. The largest absolute Gasteiger partial charge is 0.149 e. The van der Waals surface area contributed by atoms with Gasteiger partial charge in [0.2, 0.25) is 0 Å². The first kappa shape index (κ1) is 33.0. The summed E-state index contributed by atoms with van der Waals surface area (Å²) < 4.78 is 0.564. The van der Waals surface area contributed by atoms with E-state index in [0.29, 0.717) is 5.92 Å². The predicted octanol–water partition coefficient (Wildman–Crippen LogP) is 12.2. The van der Waals surface area contributed by atoms with Gasteiger partial charge < -0.3 is 0 Å². The maximum absolute atomic E-state index is 2.72. The zero-order valence-electron chi connectivity index (χ0n) is 9.25. The molecule has 0 amide bonds. The number of hydrogen-bond donors (Lipinski definition) is 0. The van der Waals surface area contributed by atoms with Crippen molar-refractivity contribution in [1.29, 1.82) is 0 Å². The molecule has 0 rings (SSSR count). The van der Waals surface area contributed by atoms with Gasteiger partial charge in [-0.2, -0.15) is 0 Å². The summed E-state index contributed by atoms with van der Waals surface area (Å²) in [5, 5.41) is 0. The van der Waals surface area contributed by atoms with E-state index in [1.807, 2.05) is 0 Å². The van der Waals surface area contributed by atoms with Crippen LogP contribution in [0.15, 0.2) is 0 Å². The van der Waals surface area contributed by atoms with Crippen molar-refractivity contribution in [3.63, 3.8) is 0 Å². The highest BCUT2D eigenvalue weighted by Gasteiger charge is 2.70. The van der Waals surface area contributed by atoms with Crippen LogP contribution in [0, 0.1) is 5.92 Å². The minimum atomic E-state index is 0.0471. The van der Waals surface area contributed by atoms with Gasteiger partial charge in [0, 0.05) is 0 Å². The van der Waals surface area contributed by atoms with Crippen LogP contribution in [0.1, 0.15) is 0 Å². The normalized spacial score (nSPS) is 16.4. The summed E-state index contributed by atoms with van der Waals surface area (Å²) in [5.41, 5.74) is 0. The Hall–Kier alpha value is 11.0. The second kappa shape index (κ2) is 12.3. The van der Waals surface area contributed by atoms with Crippen LogP contribution < -0.4 is 0 Å². The Bertz CT molecular complexity index is 378. The highest BCUT2D eigenvalue weighted by Crippen LogP contribution is 2.75. The SMILES string of the molecule is IC(I)(I)C(C(I)(I)I)C(I)(I)C(I)(I)C(I)(I)C(I)(I)I. The fourth-order valence-electron chi connectivity index (χ4n) is 1.17. The number of halogens is 15. The summed E-state index contributed by atoms with van der Waals surface area (Å²) in [6, 6.07) is 0. The lowest BCUT2D eigenvalue weighted by molar-refractivity contribution is 0.587. The van der Waals surface area contributed by atoms with Gasteiger partial charge in [-0.05, 0) is 0 Å². The molecule has 0 spiro atoms. The van der Waals surface area contributed by atoms with Crippen molar-refractivity contribution in [3.05, 3.63) is 0 Å². The fourth-order valence-corrected chi connectivity index (χ4v) is 30.6. The Morgan fingerprint density at radius 1 is 0.409 bits per heavy atom. The first-order valence-corrected chi connectivity index (χ1v) is 20.6. The molecule has 134 valence electrons. The summed E-state index contributed by atoms with van der Waals surface area (Å²) in [6.45, 7) is 0. The van der Waals surface area contributed by atoms with E-state index in [0.717, 1.165) is 0 Å². The average Bonchev–Trinajstić information content (AvgIpc) is 2.08. The molecule has 0 aromatic carbocycles. The van der Waals surface area contributed by atoms with Gasteiger partial charge in [-0.25, -0.2) is 0 Å². The van der Waals surface area contributed by atoms with Gasteiger partial charge in [-0.15, -0.1) is 0 Å². The Kier molecular flexibility index (Phi) is 18.4. The molecule has 15 heteroatoms. The highest BCUT2D eigenvalue weighted by molar-refractivity contribution is 14.3. The third kappa shape index (κ3) is 8.87. The minimum absolute atomic E-state index is 0.0471. The molecule has 0 heterocycles. The van der Waals surface area contributed by atoms with E-state index >= 15 is 0 Å². The number of alkyl halides is 15. The van der Waals surface area contributed by atoms with Crippen molar-refractivity contribution in [3.8, 4) is 0 Å². The van der Waals surface area contributed by atoms with Gasteiger partial charge >= 0.3 is 0 Å². The van der Waals surface area contributed by atoms with Crippen LogP contribution in [0.3, 0.4) is 0 Å². The first-order chi connectivity index (χ1) is 9.12. The van der Waals surface area contributed by atoms with E-state index in [1.165, 1.54) is 0 Å². The average molecular weight is 1990 g/mol. The van der Waals surface area contributed by atoms with Crippen LogP contribution >= 0.6 is 339 Å². The third-order valence-electron chi connectivity index (χ3n) is 2.19. The summed E-state index contributed by atoms with van der Waals surface area (Å²) in [4.78, 5) is 0. The molecule has 0 saturated carbocycles. The Morgan fingerprint density at radius 3 is 0.864 bits per heavy atom. The monoisotopic (exact) mass is 1990 g/mol. The molecule has 0 fully saturated rings. The molecule has 0 aliphatic heterocycles. The maximum Gasteiger partial charge on any atom is 0.149 e. The topological polar surface area (TPSA) is 0 Å². The van der Waals surface area contributed by atoms with Crippen molar-refractivity contribution in [1.82, 2.24) is 0 Å². The van der Waals surface area contributed by atoms with Crippen molar-refractivity contribution >= 4 is 339 Å². The molecular formula is C7HI15. The molecule has 0 aromatic rings. The van der Waals surface area contributed by atoms with Crippen molar-refractivity contribution in [2.45, 2.75) is 2.59 Å². The summed E-state index contributed by atoms with van der Waals surface area (Å²) in [5.74, 6) is 0.488. The van der Waals surface area contributed by atoms with E-state index < -0.39 is 0 Å². The smallest absolute Gasteiger partial charge is 0.0642 e. The second-order valence-corrected chi connectivity index (χ2v) is 53.5. The van der Waals surface area contributed by atoms with Crippen LogP contribution in [0.5, 0.6) is 0 Å². The molecule has 0 unspecified atom stereocenters. The lowest BCUT2D eigenvalue weighted by Gasteiger charge is -2.53. The molecule has 22 heavy (non-hydrogen) atoms. The minimum Gasteiger partial charge on any atom is -0.0642 e. The zero-order chi connectivity index (χ0) is 18.6. The van der Waals surface area contributed by atoms with E-state index in [4.69, 9.17) is 0 Å². The zero-order valence-corrected chi connectivity index (χ0v) is 41.6. The second-order valence-electron chi connectivity index (χ2n) is 3.79. The molecular weight excluding hydrogens is 1990 g/mol. The third-order valence-corrected chi connectivity index (χ3v) is 32.2. The van der Waals surface area contributed by atoms with E-state index in [2.05, 4.69) is 339 Å². The van der Waals surface area contributed by atoms with Gasteiger partial charge in [0.25, 0.3) is 0 Å². The Morgan fingerprint density at radius 2 is 0.682 bits per heavy atom. The molecule has 0 aliphatic carbocycles. The van der Waals surface area contributed by atoms with Crippen molar-refractivity contribution < 1.29 is 0 Å². The number of hydrogen-bond acceptors (Lipinski definition) is 0. The van der Waals surface area contributed by atoms with E-state index in [1.54, 1.807) is 0 Å². The van der Waals surface area contributed by atoms with Gasteiger partial charge in [-0.1, -0.05) is 339 Å². The molecule has 0 aromatic heterocycles. The Balaban J connectivity index is 6.30. The summed E-state index contributed by atoms with van der Waals surface area (Å²) in [7, 11) is 0. The molecule has 0 radical (unpaired) electrons. The van der Waals surface area contributed by atoms with E-state index in [9.17, 15) is 0 Å². The highest BCUT2D eigenvalue weighted by atomic mass is 127. The quantitative estimate of drug-likeness (QED) is 0.184. The van der Waals surface area contributed by atoms with Gasteiger partial charge in [-0.3, -0.25) is 0 Å². The van der Waals surface area contributed by atoms with Crippen LogP contribution in [0.4, 0.5) is 0 Å². The number of rotatable bonds is 6. The van der Waals surface area contributed by atoms with E-state index in [-0.39, 0.29) is 2.59 Å². The Labute approximate surface area is 336 Å². The van der Waals surface area contributed by atoms with Crippen molar-refractivity contribution in [2.24, 2.45) is 5.92 Å². The van der Waals surface area contributed by atoms with Crippen molar-refractivity contribution in [2.75, 3.05) is 0 Å². The first-order valence-electron chi connectivity index (χ1n) is 4.45. The fraction of sp³-hybridized carbons (Fsp3) is 1.00. The lowest BCUT2D eigenvalue weighted by Crippen LogP contribution is -2.60. The molecule has 0 saturated heterocycles. The molecule has 0 N–H and O–H groups in total. The van der Waals surface area contributed by atoms with Gasteiger partial charge in [0.05, 0.1) is 5.92 Å². The van der Waals surface area contributed by atoms with Crippen LogP contribution in [0.25, 0.3) is 0 Å². The van der Waals surface area contributed by atoms with Gasteiger partial charge in [0.1, 0.15) is 2.59 Å².